The Labute approximate surface area is 556 Å². The molecular formula is C76H76O14P4. The van der Waals surface area contributed by atoms with Crippen molar-refractivity contribution in [3.8, 4) is 0 Å². The normalized spacial score (nSPS) is 17.3. The molecule has 0 amide bonds. The smallest absolute Gasteiger partial charge is 0.333 e. The van der Waals surface area contributed by atoms with E-state index in [0.717, 1.165) is 55.6 Å². The number of rotatable bonds is 38. The zero-order valence-corrected chi connectivity index (χ0v) is 55.5. The molecule has 0 saturated heterocycles. The van der Waals surface area contributed by atoms with E-state index in [9.17, 15) is 0 Å². The van der Waals surface area contributed by atoms with E-state index >= 15 is 0 Å². The van der Waals surface area contributed by atoms with Crippen LogP contribution in [0.3, 0.4) is 0 Å². The molecular weight excluding hydrogens is 1260 g/mol. The van der Waals surface area contributed by atoms with E-state index in [1.54, 1.807) is 0 Å². The van der Waals surface area contributed by atoms with E-state index in [-0.39, 0.29) is 66.1 Å². The van der Waals surface area contributed by atoms with Gasteiger partial charge in [0.15, 0.2) is 0 Å². The second-order valence-electron chi connectivity index (χ2n) is 21.8. The van der Waals surface area contributed by atoms with Crippen molar-refractivity contribution < 1.29 is 63.8 Å². The van der Waals surface area contributed by atoms with Crippen molar-refractivity contribution in [3.63, 3.8) is 0 Å². The maximum atomic E-state index is 7.61. The molecule has 14 nitrogen and oxygen atoms in total. The van der Waals surface area contributed by atoms with E-state index in [4.69, 9.17) is 63.8 Å². The molecule has 0 radical (unpaired) electrons. The Balaban J connectivity index is 1.09. The van der Waals surface area contributed by atoms with Crippen LogP contribution in [0.5, 0.6) is 0 Å². The fourth-order valence-corrected chi connectivity index (χ4v) is 14.5. The van der Waals surface area contributed by atoms with Gasteiger partial charge in [-0.3, -0.25) is 0 Å². The average molecular weight is 1340 g/mol. The third kappa shape index (κ3) is 22.8. The van der Waals surface area contributed by atoms with Gasteiger partial charge in [-0.1, -0.05) is 303 Å². The second-order valence-corrected chi connectivity index (χ2v) is 26.5. The van der Waals surface area contributed by atoms with Gasteiger partial charge in [-0.15, -0.1) is 0 Å². The summed E-state index contributed by atoms with van der Waals surface area (Å²) in [5.74, 6) is 0. The van der Waals surface area contributed by atoms with E-state index in [2.05, 4.69) is 0 Å². The van der Waals surface area contributed by atoms with Crippen molar-refractivity contribution in [3.05, 3.63) is 359 Å². The third-order valence-corrected chi connectivity index (χ3v) is 19.2. The van der Waals surface area contributed by atoms with Gasteiger partial charge in [0, 0.05) is 0 Å². The van der Waals surface area contributed by atoms with Crippen molar-refractivity contribution in [2.75, 3.05) is 0 Å². The summed E-state index contributed by atoms with van der Waals surface area (Å²) in [7, 11) is -9.32. The van der Waals surface area contributed by atoms with Crippen molar-refractivity contribution in [1.82, 2.24) is 0 Å². The monoisotopic (exact) mass is 1340 g/mol. The molecule has 11 rings (SSSR count). The minimum absolute atomic E-state index is 0.0646. The molecule has 2 unspecified atom stereocenters. The lowest BCUT2D eigenvalue weighted by atomic mass is 9.84. The highest BCUT2D eigenvalue weighted by Gasteiger charge is 2.59. The van der Waals surface area contributed by atoms with Crippen LogP contribution in [0.4, 0.5) is 0 Å². The van der Waals surface area contributed by atoms with E-state index in [1.807, 2.05) is 303 Å². The largest absolute Gasteiger partial charge is 0.368 e. The van der Waals surface area contributed by atoms with Crippen molar-refractivity contribution in [2.45, 2.75) is 103 Å². The van der Waals surface area contributed by atoms with E-state index in [1.165, 1.54) is 0 Å². The molecule has 18 heteroatoms. The van der Waals surface area contributed by atoms with E-state index in [0.29, 0.717) is 0 Å². The summed E-state index contributed by atoms with van der Waals surface area (Å²) in [5.41, 5.74) is 8.93. The molecule has 0 heterocycles. The molecule has 6 atom stereocenters. The fourth-order valence-electron chi connectivity index (χ4n) is 9.92. The SMILES string of the molecule is c1ccc(COC2[C@@H](OP(OCc3ccccc3)OCc3ccccc3)[C@H](OP(OCc3ccccc3)OCc3ccccc3)C(OCc3ccccc3)[C@H](OP(OCc3ccccc3)OCc3ccccc3)[C@@H]2OP(OCc2ccccc2)OCc2ccccc2)cc1. The minimum atomic E-state index is -2.33. The maximum Gasteiger partial charge on any atom is 0.333 e. The summed E-state index contributed by atoms with van der Waals surface area (Å²) in [5, 5.41) is 0. The summed E-state index contributed by atoms with van der Waals surface area (Å²) in [4.78, 5) is 0. The molecule has 1 saturated carbocycles. The molecule has 10 aromatic carbocycles. The van der Waals surface area contributed by atoms with Crippen LogP contribution in [0.1, 0.15) is 55.6 Å². The Morgan fingerprint density at radius 3 is 0.426 bits per heavy atom. The molecule has 0 aliphatic heterocycles. The Kier molecular flexibility index (Phi) is 28.4. The van der Waals surface area contributed by atoms with Gasteiger partial charge in [-0.05, 0) is 55.6 Å². The quantitative estimate of drug-likeness (QED) is 0.0340. The van der Waals surface area contributed by atoms with Crippen molar-refractivity contribution >= 4 is 34.4 Å². The molecule has 0 N–H and O–H groups in total. The minimum Gasteiger partial charge on any atom is -0.368 e. The first-order valence-corrected chi connectivity index (χ1v) is 35.5. The molecule has 0 spiro atoms. The van der Waals surface area contributed by atoms with Gasteiger partial charge in [0.25, 0.3) is 0 Å². The average Bonchev–Trinajstić information content (AvgIpc) is 0.795. The van der Waals surface area contributed by atoms with Gasteiger partial charge in [0.05, 0.1) is 66.1 Å². The Morgan fingerprint density at radius 1 is 0.160 bits per heavy atom. The number of hydrogen-bond acceptors (Lipinski definition) is 14. The highest BCUT2D eigenvalue weighted by Crippen LogP contribution is 2.56. The highest BCUT2D eigenvalue weighted by atomic mass is 31.2. The van der Waals surface area contributed by atoms with Gasteiger partial charge in [0.1, 0.15) is 36.6 Å². The van der Waals surface area contributed by atoms with Crippen LogP contribution in [-0.2, 0) is 130 Å². The van der Waals surface area contributed by atoms with E-state index < -0.39 is 71.0 Å². The highest BCUT2D eigenvalue weighted by molar-refractivity contribution is 7.42. The third-order valence-electron chi connectivity index (χ3n) is 14.8. The van der Waals surface area contributed by atoms with Crippen molar-refractivity contribution in [2.24, 2.45) is 0 Å². The first kappa shape index (κ1) is 68.7. The Morgan fingerprint density at radius 2 is 0.287 bits per heavy atom. The van der Waals surface area contributed by atoms with Gasteiger partial charge in [-0.25, -0.2) is 0 Å². The van der Waals surface area contributed by atoms with Gasteiger partial charge in [-0.2, -0.15) is 0 Å². The van der Waals surface area contributed by atoms with Crippen LogP contribution in [0, 0.1) is 0 Å². The topological polar surface area (TPSA) is 129 Å². The molecule has 1 aliphatic rings. The van der Waals surface area contributed by atoms with Crippen LogP contribution >= 0.6 is 34.4 Å². The summed E-state index contributed by atoms with van der Waals surface area (Å²) < 4.78 is 100. The molecule has 0 bridgehead atoms. The fraction of sp³-hybridized carbons (Fsp3) is 0.211. The number of benzene rings is 10. The molecule has 1 aliphatic carbocycles. The number of hydrogen-bond donors (Lipinski definition) is 0. The molecule has 94 heavy (non-hydrogen) atoms. The Hall–Kier alpha value is -6.64. The lowest BCUT2D eigenvalue weighted by Crippen LogP contribution is -2.66. The standard InChI is InChI=1S/C76H76O14P4/c1-11-31-61(32-12-1)51-77-71-73(87-91(79-53-63-35-15-3-16-36-63)80-54-64-37-17-4-18-38-64)75(89-93(83-57-67-43-23-7-24-44-67)84-58-68-45-25-8-26-46-68)72(78-52-62-33-13-2-14-34-62)76(90-94(85-59-69-47-27-9-28-48-69)86-60-70-49-29-10-30-50-70)74(71)88-92(81-55-65-39-19-5-20-40-65)82-56-66-41-21-6-22-42-66/h1-50,71-76H,51-60H2/t71?,72?,73-,74-,75-,76+/m1/s1. The molecule has 10 aromatic rings. The van der Waals surface area contributed by atoms with Crippen LogP contribution in [0.15, 0.2) is 303 Å². The summed E-state index contributed by atoms with van der Waals surface area (Å²) in [6, 6.07) is 98.9. The first-order chi connectivity index (χ1) is 46.6. The summed E-state index contributed by atoms with van der Waals surface area (Å²) >= 11 is 0. The zero-order valence-electron chi connectivity index (χ0n) is 51.9. The predicted molar refractivity (Wildman–Crippen MR) is 367 cm³/mol. The van der Waals surface area contributed by atoms with Crippen molar-refractivity contribution in [1.29, 1.82) is 0 Å². The lowest BCUT2D eigenvalue weighted by molar-refractivity contribution is -0.234. The molecule has 1 fully saturated rings. The van der Waals surface area contributed by atoms with Crippen LogP contribution in [0.2, 0.25) is 0 Å². The maximum absolute atomic E-state index is 7.61. The number of ether oxygens (including phenoxy) is 2. The molecule has 484 valence electrons. The summed E-state index contributed by atoms with van der Waals surface area (Å²) in [6.45, 7) is 1.20. The molecule has 0 aromatic heterocycles. The lowest BCUT2D eigenvalue weighted by Gasteiger charge is -2.50. The predicted octanol–water partition coefficient (Wildman–Crippen LogP) is 19.4. The summed E-state index contributed by atoms with van der Waals surface area (Å²) in [6.07, 6.45) is -7.25. The van der Waals surface area contributed by atoms with Crippen LogP contribution in [-0.4, -0.2) is 36.6 Å². The Bertz CT molecular complexity index is 3000. The van der Waals surface area contributed by atoms with Gasteiger partial charge < -0.3 is 63.8 Å². The van der Waals surface area contributed by atoms with Crippen LogP contribution in [0.25, 0.3) is 0 Å². The van der Waals surface area contributed by atoms with Gasteiger partial charge in [0.2, 0.25) is 0 Å². The first-order valence-electron chi connectivity index (χ1n) is 31.1. The van der Waals surface area contributed by atoms with Gasteiger partial charge >= 0.3 is 34.4 Å². The second kappa shape index (κ2) is 38.8. The van der Waals surface area contributed by atoms with Crippen LogP contribution < -0.4 is 0 Å². The zero-order chi connectivity index (χ0) is 63.9.